The van der Waals surface area contributed by atoms with Crippen molar-refractivity contribution < 1.29 is 55.8 Å². The summed E-state index contributed by atoms with van der Waals surface area (Å²) in [4.78, 5) is 0. The van der Waals surface area contributed by atoms with E-state index in [1.807, 2.05) is 0 Å². The first-order valence-corrected chi connectivity index (χ1v) is 6.86. The van der Waals surface area contributed by atoms with Gasteiger partial charge in [-0.3, -0.25) is 0 Å². The van der Waals surface area contributed by atoms with Crippen LogP contribution in [0.1, 0.15) is 24.0 Å². The van der Waals surface area contributed by atoms with Gasteiger partial charge in [-0.25, -0.2) is 0 Å². The summed E-state index contributed by atoms with van der Waals surface area (Å²) in [5.41, 5.74) is 3.17. The van der Waals surface area contributed by atoms with Gasteiger partial charge in [0, 0.05) is 18.6 Å². The predicted molar refractivity (Wildman–Crippen MR) is 78.1 cm³/mol. The van der Waals surface area contributed by atoms with Crippen molar-refractivity contribution >= 4 is 21.5 Å². The van der Waals surface area contributed by atoms with Crippen LogP contribution < -0.4 is 37.2 Å². The second-order valence-electron chi connectivity index (χ2n) is 5.29. The molecule has 0 bridgehead atoms. The Bertz CT molecular complexity index is 756. The van der Waals surface area contributed by atoms with E-state index in [2.05, 4.69) is 48.5 Å². The minimum absolute atomic E-state index is 0. The molecule has 0 fully saturated rings. The first-order valence-electron chi connectivity index (χ1n) is 6.86. The molecule has 1 aliphatic carbocycles. The fraction of sp³-hybridized carbons (Fsp3) is 0.222. The van der Waals surface area contributed by atoms with E-state index in [-0.39, 0.29) is 55.8 Å². The average molecular weight is 390 g/mol. The Balaban J connectivity index is 0.00000110. The number of halogens is 3. The molecule has 0 unspecified atom stereocenters. The number of hydrogen-bond donors (Lipinski definition) is 0. The Morgan fingerprint density at radius 1 is 0.591 bits per heavy atom. The molecule has 0 nitrogen and oxygen atoms in total. The number of rotatable bonds is 0. The molecule has 4 heteroatoms. The number of hydrogen-bond acceptors (Lipinski definition) is 0. The quantitative estimate of drug-likeness (QED) is 0.343. The molecule has 117 valence electrons. The van der Waals surface area contributed by atoms with Crippen molar-refractivity contribution in [1.82, 2.24) is 0 Å². The zero-order valence-corrected chi connectivity index (χ0v) is 15.7. The zero-order valence-electron chi connectivity index (χ0n) is 12.0. The first kappa shape index (κ1) is 21.6. The summed E-state index contributed by atoms with van der Waals surface area (Å²) in [5, 5.41) is 5.64. The van der Waals surface area contributed by atoms with Crippen LogP contribution in [0.5, 0.6) is 0 Å². The van der Waals surface area contributed by atoms with Gasteiger partial charge in [0.25, 0.3) is 0 Å². The van der Waals surface area contributed by atoms with Crippen LogP contribution in [0.15, 0.2) is 48.5 Å². The monoisotopic (exact) mass is 388 g/mol. The molecule has 0 saturated heterocycles. The summed E-state index contributed by atoms with van der Waals surface area (Å²) < 4.78 is 0. The van der Waals surface area contributed by atoms with Crippen molar-refractivity contribution in [2.24, 2.45) is 0 Å². The summed E-state index contributed by atoms with van der Waals surface area (Å²) in [7, 11) is 0. The Morgan fingerprint density at radius 3 is 2.09 bits per heavy atom. The largest absolute Gasteiger partial charge is 1.00 e. The normalized spacial score (nSPS) is 12.2. The average Bonchev–Trinajstić information content (AvgIpc) is 2.46. The van der Waals surface area contributed by atoms with Crippen molar-refractivity contribution in [3.05, 3.63) is 59.7 Å². The molecular formula is C18H16Cl3V-3. The van der Waals surface area contributed by atoms with Gasteiger partial charge < -0.3 is 37.2 Å². The van der Waals surface area contributed by atoms with Crippen LogP contribution >= 0.6 is 0 Å². The molecule has 0 aromatic heterocycles. The van der Waals surface area contributed by atoms with Gasteiger partial charge in [0.15, 0.2) is 0 Å². The molecule has 0 spiro atoms. The molecule has 22 heavy (non-hydrogen) atoms. The van der Waals surface area contributed by atoms with E-state index >= 15 is 0 Å². The molecule has 0 aliphatic heterocycles. The van der Waals surface area contributed by atoms with Crippen molar-refractivity contribution in [1.29, 1.82) is 0 Å². The van der Waals surface area contributed by atoms with Gasteiger partial charge in [0.05, 0.1) is 0 Å². The molecule has 0 atom stereocenters. The van der Waals surface area contributed by atoms with Crippen LogP contribution in [0, 0.1) is 0 Å². The van der Waals surface area contributed by atoms with Crippen LogP contribution in [0.25, 0.3) is 21.5 Å². The van der Waals surface area contributed by atoms with Crippen LogP contribution in [0.2, 0.25) is 0 Å². The van der Waals surface area contributed by atoms with Gasteiger partial charge in [-0.15, -0.1) is 0 Å². The number of fused-ring (bicyclic) bond motifs is 5. The van der Waals surface area contributed by atoms with Crippen molar-refractivity contribution in [3.63, 3.8) is 0 Å². The molecule has 0 N–H and O–H groups in total. The Morgan fingerprint density at radius 2 is 1.27 bits per heavy atom. The first-order chi connectivity index (χ1) is 8.93. The Labute approximate surface area is 162 Å². The summed E-state index contributed by atoms with van der Waals surface area (Å²) in [6.07, 6.45) is 5.22. The minimum Gasteiger partial charge on any atom is -1.00 e. The topological polar surface area (TPSA) is 0 Å². The SMILES string of the molecule is [Cl-].[Cl-].[Cl-].[V].c1ccc2c(c1)ccc1c3c(ccc12)CCCC3. The van der Waals surface area contributed by atoms with Crippen molar-refractivity contribution in [2.45, 2.75) is 25.7 Å². The maximum Gasteiger partial charge on any atom is 0 e. The van der Waals surface area contributed by atoms with Crippen molar-refractivity contribution in [3.8, 4) is 0 Å². The van der Waals surface area contributed by atoms with E-state index in [0.29, 0.717) is 0 Å². The zero-order chi connectivity index (χ0) is 11.9. The number of aryl methyl sites for hydroxylation is 2. The van der Waals surface area contributed by atoms with Crippen LogP contribution in [0.4, 0.5) is 0 Å². The van der Waals surface area contributed by atoms with Gasteiger partial charge in [-0.2, -0.15) is 0 Å². The van der Waals surface area contributed by atoms with Gasteiger partial charge >= 0.3 is 0 Å². The van der Waals surface area contributed by atoms with Gasteiger partial charge in [0.2, 0.25) is 0 Å². The second kappa shape index (κ2) is 9.06. The van der Waals surface area contributed by atoms with Gasteiger partial charge in [-0.05, 0) is 58.4 Å². The fourth-order valence-electron chi connectivity index (χ4n) is 3.34. The summed E-state index contributed by atoms with van der Waals surface area (Å²) >= 11 is 0. The Kier molecular flexibility index (Phi) is 8.91. The smallest absolute Gasteiger partial charge is 0 e. The third-order valence-electron chi connectivity index (χ3n) is 4.26. The molecule has 0 heterocycles. The standard InChI is InChI=1S/C18H16.3ClH.V/c1-3-7-15-13(5-1)9-11-18-16-8-4-2-6-14(16)10-12-17(15)18;;;;/h1,3,5,7,9-12H,2,4,6,8H2;3*1H;/p-3. The molecule has 1 radical (unpaired) electrons. The third-order valence-corrected chi connectivity index (χ3v) is 4.26. The van der Waals surface area contributed by atoms with E-state index in [4.69, 9.17) is 0 Å². The van der Waals surface area contributed by atoms with Crippen LogP contribution in [-0.2, 0) is 31.4 Å². The Hall–Kier alpha value is -0.366. The minimum atomic E-state index is 0. The molecular weight excluding hydrogens is 374 g/mol. The molecule has 1 aliphatic rings. The third kappa shape index (κ3) is 3.58. The van der Waals surface area contributed by atoms with E-state index < -0.39 is 0 Å². The number of benzene rings is 3. The predicted octanol–water partition coefficient (Wildman–Crippen LogP) is -4.12. The second-order valence-corrected chi connectivity index (χ2v) is 5.29. The molecule has 3 aromatic rings. The van der Waals surface area contributed by atoms with Gasteiger partial charge in [0.1, 0.15) is 0 Å². The van der Waals surface area contributed by atoms with Gasteiger partial charge in [-0.1, -0.05) is 48.5 Å². The summed E-state index contributed by atoms with van der Waals surface area (Å²) in [6.45, 7) is 0. The summed E-state index contributed by atoms with van der Waals surface area (Å²) in [6, 6.07) is 18.0. The van der Waals surface area contributed by atoms with E-state index in [0.717, 1.165) is 0 Å². The maximum absolute atomic E-state index is 2.35. The van der Waals surface area contributed by atoms with Crippen LogP contribution in [-0.4, -0.2) is 0 Å². The molecule has 0 saturated carbocycles. The van der Waals surface area contributed by atoms with E-state index in [1.165, 1.54) is 47.2 Å². The summed E-state index contributed by atoms with van der Waals surface area (Å²) in [5.74, 6) is 0. The van der Waals surface area contributed by atoms with Crippen molar-refractivity contribution in [2.75, 3.05) is 0 Å². The van der Waals surface area contributed by atoms with E-state index in [1.54, 1.807) is 11.1 Å². The van der Waals surface area contributed by atoms with Crippen LogP contribution in [0.3, 0.4) is 0 Å². The molecule has 4 rings (SSSR count). The molecule has 0 amide bonds. The van der Waals surface area contributed by atoms with E-state index in [9.17, 15) is 0 Å². The fourth-order valence-corrected chi connectivity index (χ4v) is 3.34. The molecule has 3 aromatic carbocycles. The maximum atomic E-state index is 2.35.